The molecule has 3 heteroatoms. The SMILES string of the molecule is C=C[C@H](N)CNCCO. The minimum absolute atomic E-state index is 0.00319. The van der Waals surface area contributed by atoms with Crippen molar-refractivity contribution in [3.8, 4) is 0 Å². The van der Waals surface area contributed by atoms with Crippen molar-refractivity contribution >= 4 is 0 Å². The normalized spacial score (nSPS) is 13.1. The van der Waals surface area contributed by atoms with Crippen molar-refractivity contribution in [2.75, 3.05) is 19.7 Å². The molecule has 0 bridgehead atoms. The standard InChI is InChI=1S/C6H14N2O/c1-2-6(7)5-8-3-4-9/h2,6,8-9H,1,3-5,7H2/t6-/m0/s1. The molecule has 0 rings (SSSR count). The van der Waals surface area contributed by atoms with Crippen LogP contribution in [0.4, 0.5) is 0 Å². The number of aliphatic hydroxyl groups excluding tert-OH is 1. The highest BCUT2D eigenvalue weighted by molar-refractivity contribution is 4.83. The van der Waals surface area contributed by atoms with E-state index in [1.807, 2.05) is 0 Å². The lowest BCUT2D eigenvalue weighted by atomic mass is 10.3. The molecule has 0 aliphatic heterocycles. The largest absolute Gasteiger partial charge is 0.395 e. The summed E-state index contributed by atoms with van der Waals surface area (Å²) < 4.78 is 0. The quantitative estimate of drug-likeness (QED) is 0.333. The molecule has 0 amide bonds. The Morgan fingerprint density at radius 2 is 2.44 bits per heavy atom. The van der Waals surface area contributed by atoms with E-state index < -0.39 is 0 Å². The van der Waals surface area contributed by atoms with Crippen LogP contribution in [-0.4, -0.2) is 30.8 Å². The Morgan fingerprint density at radius 3 is 2.89 bits per heavy atom. The highest BCUT2D eigenvalue weighted by atomic mass is 16.3. The maximum absolute atomic E-state index is 8.32. The van der Waals surface area contributed by atoms with Gasteiger partial charge in [0.2, 0.25) is 0 Å². The fourth-order valence-corrected chi connectivity index (χ4v) is 0.431. The molecule has 3 nitrogen and oxygen atoms in total. The van der Waals surface area contributed by atoms with Gasteiger partial charge in [0, 0.05) is 19.1 Å². The molecule has 54 valence electrons. The van der Waals surface area contributed by atoms with E-state index in [1.165, 1.54) is 0 Å². The molecule has 0 aromatic carbocycles. The van der Waals surface area contributed by atoms with Crippen LogP contribution in [-0.2, 0) is 0 Å². The maximum atomic E-state index is 8.32. The first-order valence-corrected chi connectivity index (χ1v) is 3.01. The van der Waals surface area contributed by atoms with Crippen molar-refractivity contribution in [1.29, 1.82) is 0 Å². The fourth-order valence-electron chi connectivity index (χ4n) is 0.431. The molecule has 0 aromatic rings. The van der Waals surface area contributed by atoms with E-state index in [0.717, 1.165) is 0 Å². The van der Waals surface area contributed by atoms with Crippen LogP contribution in [0.3, 0.4) is 0 Å². The molecular weight excluding hydrogens is 116 g/mol. The van der Waals surface area contributed by atoms with Gasteiger partial charge in [0.05, 0.1) is 6.61 Å². The summed E-state index contributed by atoms with van der Waals surface area (Å²) in [5.74, 6) is 0. The predicted molar refractivity (Wildman–Crippen MR) is 38.1 cm³/mol. The molecule has 1 atom stereocenters. The van der Waals surface area contributed by atoms with Crippen LogP contribution in [0, 0.1) is 0 Å². The van der Waals surface area contributed by atoms with Gasteiger partial charge in [0.25, 0.3) is 0 Å². The fraction of sp³-hybridized carbons (Fsp3) is 0.667. The lowest BCUT2D eigenvalue weighted by molar-refractivity contribution is 0.292. The zero-order valence-corrected chi connectivity index (χ0v) is 5.51. The van der Waals surface area contributed by atoms with E-state index in [4.69, 9.17) is 10.8 Å². The van der Waals surface area contributed by atoms with Gasteiger partial charge in [0.1, 0.15) is 0 Å². The van der Waals surface area contributed by atoms with Gasteiger partial charge in [-0.15, -0.1) is 6.58 Å². The first-order valence-electron chi connectivity index (χ1n) is 3.01. The van der Waals surface area contributed by atoms with Crippen LogP contribution < -0.4 is 11.1 Å². The Labute approximate surface area is 55.6 Å². The molecule has 0 spiro atoms. The highest BCUT2D eigenvalue weighted by Crippen LogP contribution is 1.73. The number of hydrogen-bond acceptors (Lipinski definition) is 3. The number of hydrogen-bond donors (Lipinski definition) is 3. The zero-order chi connectivity index (χ0) is 7.11. The topological polar surface area (TPSA) is 58.3 Å². The minimum atomic E-state index is -0.00319. The molecule has 0 unspecified atom stereocenters. The summed E-state index contributed by atoms with van der Waals surface area (Å²) in [4.78, 5) is 0. The minimum Gasteiger partial charge on any atom is -0.395 e. The molecule has 0 aliphatic carbocycles. The van der Waals surface area contributed by atoms with Crippen LogP contribution >= 0.6 is 0 Å². The third-order valence-corrected chi connectivity index (χ3v) is 0.971. The van der Waals surface area contributed by atoms with E-state index in [-0.39, 0.29) is 12.6 Å². The first-order chi connectivity index (χ1) is 4.31. The summed E-state index contributed by atoms with van der Waals surface area (Å²) in [6.07, 6.45) is 1.67. The molecule has 0 saturated carbocycles. The van der Waals surface area contributed by atoms with Gasteiger partial charge in [0.15, 0.2) is 0 Å². The molecule has 4 N–H and O–H groups in total. The molecule has 0 heterocycles. The summed E-state index contributed by atoms with van der Waals surface area (Å²) >= 11 is 0. The van der Waals surface area contributed by atoms with Crippen molar-refractivity contribution in [2.24, 2.45) is 5.73 Å². The van der Waals surface area contributed by atoms with Gasteiger partial charge in [-0.1, -0.05) is 6.08 Å². The first kappa shape index (κ1) is 8.62. The molecule has 0 fully saturated rings. The van der Waals surface area contributed by atoms with Crippen LogP contribution in [0.2, 0.25) is 0 Å². The average Bonchev–Trinajstić information content (AvgIpc) is 1.89. The molecular formula is C6H14N2O. The van der Waals surface area contributed by atoms with Crippen molar-refractivity contribution in [3.05, 3.63) is 12.7 Å². The highest BCUT2D eigenvalue weighted by Gasteiger charge is 1.92. The molecule has 0 saturated heterocycles. The second-order valence-corrected chi connectivity index (χ2v) is 1.83. The van der Waals surface area contributed by atoms with E-state index in [0.29, 0.717) is 13.1 Å². The van der Waals surface area contributed by atoms with Gasteiger partial charge in [-0.3, -0.25) is 0 Å². The van der Waals surface area contributed by atoms with Gasteiger partial charge in [-0.2, -0.15) is 0 Å². The van der Waals surface area contributed by atoms with Gasteiger partial charge >= 0.3 is 0 Å². The number of nitrogens with two attached hydrogens (primary N) is 1. The van der Waals surface area contributed by atoms with Gasteiger partial charge in [-0.05, 0) is 0 Å². The number of rotatable bonds is 5. The van der Waals surface area contributed by atoms with E-state index in [2.05, 4.69) is 11.9 Å². The number of aliphatic hydroxyl groups is 1. The smallest absolute Gasteiger partial charge is 0.0555 e. The molecule has 0 aliphatic rings. The maximum Gasteiger partial charge on any atom is 0.0555 e. The van der Waals surface area contributed by atoms with E-state index in [1.54, 1.807) is 6.08 Å². The van der Waals surface area contributed by atoms with Crippen LogP contribution in [0.15, 0.2) is 12.7 Å². The lowest BCUT2D eigenvalue weighted by Gasteiger charge is -2.05. The summed E-state index contributed by atoms with van der Waals surface area (Å²) in [7, 11) is 0. The summed E-state index contributed by atoms with van der Waals surface area (Å²) in [5, 5.41) is 11.3. The van der Waals surface area contributed by atoms with Gasteiger partial charge < -0.3 is 16.2 Å². The zero-order valence-electron chi connectivity index (χ0n) is 5.51. The second kappa shape index (κ2) is 5.75. The van der Waals surface area contributed by atoms with E-state index in [9.17, 15) is 0 Å². The Morgan fingerprint density at radius 1 is 1.78 bits per heavy atom. The monoisotopic (exact) mass is 130 g/mol. The predicted octanol–water partition coefficient (Wildman–Crippen LogP) is -0.918. The molecule has 0 radical (unpaired) electrons. The average molecular weight is 130 g/mol. The van der Waals surface area contributed by atoms with Crippen molar-refractivity contribution in [2.45, 2.75) is 6.04 Å². The van der Waals surface area contributed by atoms with Crippen molar-refractivity contribution in [1.82, 2.24) is 5.32 Å². The van der Waals surface area contributed by atoms with Crippen molar-refractivity contribution < 1.29 is 5.11 Å². The Bertz CT molecular complexity index is 75.5. The molecule has 0 aromatic heterocycles. The molecule has 9 heavy (non-hydrogen) atoms. The third-order valence-electron chi connectivity index (χ3n) is 0.971. The van der Waals surface area contributed by atoms with Crippen LogP contribution in [0.5, 0.6) is 0 Å². The summed E-state index contributed by atoms with van der Waals surface area (Å²) in [5.41, 5.74) is 5.45. The third kappa shape index (κ3) is 5.49. The Hall–Kier alpha value is -0.380. The number of nitrogens with one attached hydrogen (secondary N) is 1. The van der Waals surface area contributed by atoms with Crippen molar-refractivity contribution in [3.63, 3.8) is 0 Å². The second-order valence-electron chi connectivity index (χ2n) is 1.83. The summed E-state index contributed by atoms with van der Waals surface area (Å²) in [6, 6.07) is -0.00319. The Kier molecular flexibility index (Phi) is 5.51. The lowest BCUT2D eigenvalue weighted by Crippen LogP contribution is -2.33. The Balaban J connectivity index is 2.96. The van der Waals surface area contributed by atoms with Gasteiger partial charge in [-0.25, -0.2) is 0 Å². The van der Waals surface area contributed by atoms with E-state index >= 15 is 0 Å². The summed E-state index contributed by atoms with van der Waals surface area (Å²) in [6.45, 7) is 4.95. The van der Waals surface area contributed by atoms with Crippen LogP contribution in [0.1, 0.15) is 0 Å². The van der Waals surface area contributed by atoms with Crippen LogP contribution in [0.25, 0.3) is 0 Å².